The van der Waals surface area contributed by atoms with E-state index in [9.17, 15) is 0 Å². The summed E-state index contributed by atoms with van der Waals surface area (Å²) in [6, 6.07) is 8.13. The molecule has 21 heavy (non-hydrogen) atoms. The summed E-state index contributed by atoms with van der Waals surface area (Å²) in [5.41, 5.74) is 1.27. The van der Waals surface area contributed by atoms with Gasteiger partial charge in [-0.2, -0.15) is 0 Å². The lowest BCUT2D eigenvalue weighted by molar-refractivity contribution is 0.155. The number of methoxy groups -OCH3 is 1. The minimum atomic E-state index is 0.658. The zero-order chi connectivity index (χ0) is 15.3. The minimum absolute atomic E-state index is 0.658. The lowest BCUT2D eigenvalue weighted by atomic mass is 10.1. The average Bonchev–Trinajstić information content (AvgIpc) is 2.52. The molecular weight excluding hydrogens is 266 g/mol. The van der Waals surface area contributed by atoms with Crippen LogP contribution >= 0.6 is 0 Å². The van der Waals surface area contributed by atoms with Gasteiger partial charge in [0.1, 0.15) is 5.75 Å². The Morgan fingerprint density at radius 1 is 1.14 bits per heavy atom. The van der Waals surface area contributed by atoms with Crippen molar-refractivity contribution in [2.75, 3.05) is 40.0 Å². The van der Waals surface area contributed by atoms with E-state index in [-0.39, 0.29) is 0 Å². The van der Waals surface area contributed by atoms with E-state index in [1.165, 1.54) is 5.56 Å². The SMILES string of the molecule is CCNC(=NCCOCC)NCCc1ccc(OC)cc1. The van der Waals surface area contributed by atoms with Crippen LogP contribution in [0.3, 0.4) is 0 Å². The molecule has 118 valence electrons. The molecule has 0 atom stereocenters. The van der Waals surface area contributed by atoms with E-state index in [0.29, 0.717) is 13.2 Å². The number of rotatable bonds is 9. The number of benzene rings is 1. The van der Waals surface area contributed by atoms with Crippen LogP contribution in [0.1, 0.15) is 19.4 Å². The van der Waals surface area contributed by atoms with Gasteiger partial charge in [-0.05, 0) is 38.0 Å². The van der Waals surface area contributed by atoms with Crippen molar-refractivity contribution in [1.82, 2.24) is 10.6 Å². The molecule has 1 rings (SSSR count). The Kier molecular flexibility index (Phi) is 9.04. The van der Waals surface area contributed by atoms with Gasteiger partial charge in [-0.3, -0.25) is 4.99 Å². The molecule has 0 bridgehead atoms. The minimum Gasteiger partial charge on any atom is -0.497 e. The molecular formula is C16H27N3O2. The second kappa shape index (κ2) is 11.0. The van der Waals surface area contributed by atoms with Crippen LogP contribution in [-0.2, 0) is 11.2 Å². The van der Waals surface area contributed by atoms with Gasteiger partial charge in [0.15, 0.2) is 5.96 Å². The maximum atomic E-state index is 5.28. The maximum Gasteiger partial charge on any atom is 0.191 e. The van der Waals surface area contributed by atoms with Gasteiger partial charge in [-0.15, -0.1) is 0 Å². The number of nitrogens with one attached hydrogen (secondary N) is 2. The third-order valence-corrected chi connectivity index (χ3v) is 2.92. The second-order valence-corrected chi connectivity index (χ2v) is 4.48. The molecule has 0 unspecified atom stereocenters. The molecule has 0 amide bonds. The van der Waals surface area contributed by atoms with Crippen LogP contribution in [0.4, 0.5) is 0 Å². The van der Waals surface area contributed by atoms with Crippen LogP contribution in [-0.4, -0.2) is 45.9 Å². The summed E-state index contributed by atoms with van der Waals surface area (Å²) in [5.74, 6) is 1.73. The smallest absolute Gasteiger partial charge is 0.191 e. The zero-order valence-electron chi connectivity index (χ0n) is 13.3. The van der Waals surface area contributed by atoms with Crippen molar-refractivity contribution in [2.45, 2.75) is 20.3 Å². The van der Waals surface area contributed by atoms with Crippen molar-refractivity contribution in [3.8, 4) is 5.75 Å². The van der Waals surface area contributed by atoms with Crippen LogP contribution in [0.15, 0.2) is 29.3 Å². The summed E-state index contributed by atoms with van der Waals surface area (Å²) in [4.78, 5) is 4.46. The Balaban J connectivity index is 2.34. The number of hydrogen-bond acceptors (Lipinski definition) is 3. The molecule has 0 aliphatic carbocycles. The van der Waals surface area contributed by atoms with E-state index < -0.39 is 0 Å². The molecule has 0 radical (unpaired) electrons. The first kappa shape index (κ1) is 17.3. The highest BCUT2D eigenvalue weighted by molar-refractivity contribution is 5.79. The molecule has 0 heterocycles. The quantitative estimate of drug-likeness (QED) is 0.414. The van der Waals surface area contributed by atoms with Crippen LogP contribution in [0.5, 0.6) is 5.75 Å². The molecule has 0 saturated carbocycles. The van der Waals surface area contributed by atoms with Gasteiger partial charge >= 0.3 is 0 Å². The largest absolute Gasteiger partial charge is 0.497 e. The predicted octanol–water partition coefficient (Wildman–Crippen LogP) is 1.83. The summed E-state index contributed by atoms with van der Waals surface area (Å²) in [7, 11) is 1.68. The lowest BCUT2D eigenvalue weighted by Gasteiger charge is -2.11. The topological polar surface area (TPSA) is 54.9 Å². The van der Waals surface area contributed by atoms with Crippen molar-refractivity contribution in [3.63, 3.8) is 0 Å². The molecule has 0 aliphatic rings. The van der Waals surface area contributed by atoms with Gasteiger partial charge in [0.05, 0.1) is 20.3 Å². The maximum absolute atomic E-state index is 5.28. The first-order chi connectivity index (χ1) is 10.3. The fourth-order valence-corrected chi connectivity index (χ4v) is 1.83. The first-order valence-corrected chi connectivity index (χ1v) is 7.53. The van der Waals surface area contributed by atoms with E-state index in [2.05, 4.69) is 34.7 Å². The molecule has 0 fully saturated rings. The normalized spacial score (nSPS) is 11.3. The molecule has 2 N–H and O–H groups in total. The van der Waals surface area contributed by atoms with Gasteiger partial charge < -0.3 is 20.1 Å². The molecule has 1 aromatic carbocycles. The van der Waals surface area contributed by atoms with Crippen molar-refractivity contribution < 1.29 is 9.47 Å². The number of aliphatic imine (C=N–C) groups is 1. The third-order valence-electron chi connectivity index (χ3n) is 2.92. The Morgan fingerprint density at radius 3 is 2.52 bits per heavy atom. The monoisotopic (exact) mass is 293 g/mol. The zero-order valence-corrected chi connectivity index (χ0v) is 13.3. The van der Waals surface area contributed by atoms with E-state index in [1.54, 1.807) is 7.11 Å². The van der Waals surface area contributed by atoms with Crippen molar-refractivity contribution in [1.29, 1.82) is 0 Å². The molecule has 0 aliphatic heterocycles. The molecule has 1 aromatic rings. The summed E-state index contributed by atoms with van der Waals surface area (Å²) < 4.78 is 10.4. The highest BCUT2D eigenvalue weighted by atomic mass is 16.5. The van der Waals surface area contributed by atoms with Crippen LogP contribution < -0.4 is 15.4 Å². The fraction of sp³-hybridized carbons (Fsp3) is 0.562. The van der Waals surface area contributed by atoms with Gasteiger partial charge in [0, 0.05) is 19.7 Å². The number of ether oxygens (including phenoxy) is 2. The molecule has 5 heteroatoms. The van der Waals surface area contributed by atoms with Gasteiger partial charge in [-0.25, -0.2) is 0 Å². The third kappa shape index (κ3) is 7.56. The molecule has 0 aromatic heterocycles. The summed E-state index contributed by atoms with van der Waals surface area (Å²) in [6.07, 6.45) is 0.944. The Hall–Kier alpha value is -1.75. The number of hydrogen-bond donors (Lipinski definition) is 2. The molecule has 5 nitrogen and oxygen atoms in total. The summed E-state index contributed by atoms with van der Waals surface area (Å²) in [6.45, 7) is 7.80. The highest BCUT2D eigenvalue weighted by Gasteiger charge is 1.98. The lowest BCUT2D eigenvalue weighted by Crippen LogP contribution is -2.38. The van der Waals surface area contributed by atoms with Gasteiger partial charge in [0.2, 0.25) is 0 Å². The van der Waals surface area contributed by atoms with E-state index in [0.717, 1.165) is 37.8 Å². The predicted molar refractivity (Wildman–Crippen MR) is 87.2 cm³/mol. The average molecular weight is 293 g/mol. The standard InChI is InChI=1S/C16H27N3O2/c1-4-17-16(19-12-13-21-5-2)18-11-10-14-6-8-15(20-3)9-7-14/h6-9H,4-5,10-13H2,1-3H3,(H2,17,18,19). The van der Waals surface area contributed by atoms with E-state index in [4.69, 9.17) is 9.47 Å². The fourth-order valence-electron chi connectivity index (χ4n) is 1.83. The molecule has 0 saturated heterocycles. The number of nitrogens with zero attached hydrogens (tertiary/aromatic N) is 1. The Morgan fingerprint density at radius 2 is 1.90 bits per heavy atom. The van der Waals surface area contributed by atoms with Crippen LogP contribution in [0.2, 0.25) is 0 Å². The summed E-state index contributed by atoms with van der Waals surface area (Å²) >= 11 is 0. The van der Waals surface area contributed by atoms with Crippen LogP contribution in [0, 0.1) is 0 Å². The Labute approximate surface area is 127 Å². The molecule has 0 spiro atoms. The van der Waals surface area contributed by atoms with Gasteiger partial charge in [-0.1, -0.05) is 12.1 Å². The highest BCUT2D eigenvalue weighted by Crippen LogP contribution is 2.11. The second-order valence-electron chi connectivity index (χ2n) is 4.48. The van der Waals surface area contributed by atoms with Crippen molar-refractivity contribution in [2.24, 2.45) is 4.99 Å². The van der Waals surface area contributed by atoms with Crippen molar-refractivity contribution >= 4 is 5.96 Å². The first-order valence-electron chi connectivity index (χ1n) is 7.53. The Bertz CT molecular complexity index is 404. The summed E-state index contributed by atoms with van der Waals surface area (Å²) in [5, 5.41) is 6.55. The van der Waals surface area contributed by atoms with E-state index >= 15 is 0 Å². The van der Waals surface area contributed by atoms with Crippen LogP contribution in [0.25, 0.3) is 0 Å². The van der Waals surface area contributed by atoms with Crippen molar-refractivity contribution in [3.05, 3.63) is 29.8 Å². The van der Waals surface area contributed by atoms with Gasteiger partial charge in [0.25, 0.3) is 0 Å². The van der Waals surface area contributed by atoms with E-state index in [1.807, 2.05) is 19.1 Å². The number of guanidine groups is 1.